The Kier molecular flexibility index (Phi) is 5.58. The molecule has 1 aromatic rings. The van der Waals surface area contributed by atoms with Crippen LogP contribution in [0.15, 0.2) is 30.3 Å². The molecule has 122 valence electrons. The molecule has 22 heavy (non-hydrogen) atoms. The van der Waals surface area contributed by atoms with E-state index in [4.69, 9.17) is 0 Å². The molecule has 0 saturated carbocycles. The van der Waals surface area contributed by atoms with Gasteiger partial charge in [0.2, 0.25) is 15.9 Å². The monoisotopic (exact) mass is 324 g/mol. The van der Waals surface area contributed by atoms with Gasteiger partial charge in [-0.3, -0.25) is 4.79 Å². The average molecular weight is 324 g/mol. The Morgan fingerprint density at radius 2 is 2.05 bits per heavy atom. The van der Waals surface area contributed by atoms with Gasteiger partial charge in [-0.25, -0.2) is 13.1 Å². The van der Waals surface area contributed by atoms with Gasteiger partial charge in [0.15, 0.2) is 0 Å². The van der Waals surface area contributed by atoms with Crippen LogP contribution >= 0.6 is 0 Å². The first-order chi connectivity index (χ1) is 10.4. The van der Waals surface area contributed by atoms with Gasteiger partial charge < -0.3 is 4.90 Å². The SMILES string of the molecule is CC[C@@H](CC(=O)N1CC[C@H](NS(C)(=O)=O)C1)c1ccccc1. The van der Waals surface area contributed by atoms with Gasteiger partial charge in [0, 0.05) is 25.6 Å². The molecule has 1 fully saturated rings. The summed E-state index contributed by atoms with van der Waals surface area (Å²) in [7, 11) is -3.22. The molecule has 0 aliphatic carbocycles. The van der Waals surface area contributed by atoms with Crippen LogP contribution in [0.2, 0.25) is 0 Å². The summed E-state index contributed by atoms with van der Waals surface area (Å²) in [5.74, 6) is 0.323. The molecule has 1 aromatic carbocycles. The maximum atomic E-state index is 12.4. The minimum Gasteiger partial charge on any atom is -0.341 e. The molecule has 1 N–H and O–H groups in total. The summed E-state index contributed by atoms with van der Waals surface area (Å²) in [5, 5.41) is 0. The van der Waals surface area contributed by atoms with Gasteiger partial charge in [0.05, 0.1) is 6.26 Å². The highest BCUT2D eigenvalue weighted by atomic mass is 32.2. The zero-order valence-corrected chi connectivity index (χ0v) is 14.0. The smallest absolute Gasteiger partial charge is 0.223 e. The van der Waals surface area contributed by atoms with E-state index in [0.717, 1.165) is 12.7 Å². The van der Waals surface area contributed by atoms with Crippen LogP contribution in [0.1, 0.15) is 37.7 Å². The minimum absolute atomic E-state index is 0.105. The van der Waals surface area contributed by atoms with Crippen LogP contribution in [-0.4, -0.2) is 44.6 Å². The molecule has 1 amide bonds. The fraction of sp³-hybridized carbons (Fsp3) is 0.562. The molecule has 2 atom stereocenters. The van der Waals surface area contributed by atoms with E-state index < -0.39 is 10.0 Å². The second-order valence-electron chi connectivity index (χ2n) is 5.94. The van der Waals surface area contributed by atoms with Crippen molar-refractivity contribution in [1.82, 2.24) is 9.62 Å². The van der Waals surface area contributed by atoms with Crippen LogP contribution in [0.5, 0.6) is 0 Å². The third-order valence-electron chi connectivity index (χ3n) is 4.11. The molecule has 1 aliphatic rings. The van der Waals surface area contributed by atoms with Gasteiger partial charge in [-0.2, -0.15) is 0 Å². The number of hydrogen-bond acceptors (Lipinski definition) is 3. The minimum atomic E-state index is -3.22. The third kappa shape index (κ3) is 4.81. The standard InChI is InChI=1S/C16H24N2O3S/c1-3-13(14-7-5-4-6-8-14)11-16(19)18-10-9-15(12-18)17-22(2,20)21/h4-8,13,15,17H,3,9-12H2,1-2H3/t13-,15-/m0/s1. The predicted octanol–water partition coefficient (Wildman–Crippen LogP) is 1.72. The van der Waals surface area contributed by atoms with Crippen molar-refractivity contribution in [2.45, 2.75) is 38.1 Å². The summed E-state index contributed by atoms with van der Waals surface area (Å²) in [6.45, 7) is 3.18. The summed E-state index contributed by atoms with van der Waals surface area (Å²) in [6, 6.07) is 9.91. The molecule has 5 nitrogen and oxygen atoms in total. The maximum absolute atomic E-state index is 12.4. The van der Waals surface area contributed by atoms with Crippen LogP contribution in [-0.2, 0) is 14.8 Å². The van der Waals surface area contributed by atoms with Crippen LogP contribution in [0.3, 0.4) is 0 Å². The molecule has 0 bridgehead atoms. The van der Waals surface area contributed by atoms with Crippen LogP contribution in [0.4, 0.5) is 0 Å². The molecule has 1 aliphatic heterocycles. The Balaban J connectivity index is 1.92. The van der Waals surface area contributed by atoms with E-state index in [9.17, 15) is 13.2 Å². The lowest BCUT2D eigenvalue weighted by atomic mass is 9.93. The van der Waals surface area contributed by atoms with Gasteiger partial charge in [-0.05, 0) is 24.3 Å². The molecule has 2 rings (SSSR count). The molecule has 0 radical (unpaired) electrons. The third-order valence-corrected chi connectivity index (χ3v) is 4.87. The molecule has 6 heteroatoms. The fourth-order valence-electron chi connectivity index (χ4n) is 2.95. The Bertz CT molecular complexity index is 601. The van der Waals surface area contributed by atoms with E-state index >= 15 is 0 Å². The Labute approximate surface area is 132 Å². The van der Waals surface area contributed by atoms with Crippen molar-refractivity contribution in [3.63, 3.8) is 0 Å². The zero-order valence-electron chi connectivity index (χ0n) is 13.2. The van der Waals surface area contributed by atoms with Crippen LogP contribution in [0, 0.1) is 0 Å². The first-order valence-corrected chi connectivity index (χ1v) is 9.58. The number of sulfonamides is 1. The number of likely N-dealkylation sites (tertiary alicyclic amines) is 1. The Morgan fingerprint density at radius 3 is 2.64 bits per heavy atom. The summed E-state index contributed by atoms with van der Waals surface area (Å²) in [4.78, 5) is 14.2. The molecule has 0 spiro atoms. The number of carbonyl (C=O) groups excluding carboxylic acids is 1. The zero-order chi connectivity index (χ0) is 16.2. The number of hydrogen-bond donors (Lipinski definition) is 1. The maximum Gasteiger partial charge on any atom is 0.223 e. The predicted molar refractivity (Wildman–Crippen MR) is 87.1 cm³/mol. The Hall–Kier alpha value is -1.40. The van der Waals surface area contributed by atoms with E-state index in [-0.39, 0.29) is 17.9 Å². The van der Waals surface area contributed by atoms with Crippen molar-refractivity contribution in [2.75, 3.05) is 19.3 Å². The number of carbonyl (C=O) groups is 1. The first-order valence-electron chi connectivity index (χ1n) is 7.69. The van der Waals surface area contributed by atoms with Crippen molar-refractivity contribution in [3.05, 3.63) is 35.9 Å². The second-order valence-corrected chi connectivity index (χ2v) is 7.72. The molecule has 0 aromatic heterocycles. The quantitative estimate of drug-likeness (QED) is 0.866. The highest BCUT2D eigenvalue weighted by Gasteiger charge is 2.29. The van der Waals surface area contributed by atoms with E-state index in [1.54, 1.807) is 4.90 Å². The fourth-order valence-corrected chi connectivity index (χ4v) is 3.75. The first kappa shape index (κ1) is 17.0. The topological polar surface area (TPSA) is 66.5 Å². The lowest BCUT2D eigenvalue weighted by Crippen LogP contribution is -2.38. The number of nitrogens with zero attached hydrogens (tertiary/aromatic N) is 1. The lowest BCUT2D eigenvalue weighted by Gasteiger charge is -2.21. The van der Waals surface area contributed by atoms with Crippen molar-refractivity contribution in [1.29, 1.82) is 0 Å². The van der Waals surface area contributed by atoms with Crippen LogP contribution < -0.4 is 4.72 Å². The lowest BCUT2D eigenvalue weighted by molar-refractivity contribution is -0.130. The summed E-state index contributed by atoms with van der Waals surface area (Å²) >= 11 is 0. The summed E-state index contributed by atoms with van der Waals surface area (Å²) in [6.07, 6.45) is 3.22. The highest BCUT2D eigenvalue weighted by Crippen LogP contribution is 2.25. The van der Waals surface area contributed by atoms with E-state index in [1.165, 1.54) is 5.56 Å². The average Bonchev–Trinajstić information content (AvgIpc) is 2.92. The van der Waals surface area contributed by atoms with Gasteiger partial charge in [-0.1, -0.05) is 37.3 Å². The Morgan fingerprint density at radius 1 is 1.36 bits per heavy atom. The number of rotatable bonds is 6. The molecular formula is C16H24N2O3S. The van der Waals surface area contributed by atoms with Gasteiger partial charge in [-0.15, -0.1) is 0 Å². The highest BCUT2D eigenvalue weighted by molar-refractivity contribution is 7.88. The van der Waals surface area contributed by atoms with Crippen molar-refractivity contribution >= 4 is 15.9 Å². The van der Waals surface area contributed by atoms with Gasteiger partial charge in [0.1, 0.15) is 0 Å². The summed E-state index contributed by atoms with van der Waals surface area (Å²) < 4.78 is 25.1. The second kappa shape index (κ2) is 7.24. The normalized spacial score (nSPS) is 20.1. The summed E-state index contributed by atoms with van der Waals surface area (Å²) in [5.41, 5.74) is 1.18. The van der Waals surface area contributed by atoms with E-state index in [1.807, 2.05) is 18.2 Å². The largest absolute Gasteiger partial charge is 0.341 e. The molecule has 0 unspecified atom stereocenters. The molecule has 1 saturated heterocycles. The van der Waals surface area contributed by atoms with E-state index in [0.29, 0.717) is 25.9 Å². The van der Waals surface area contributed by atoms with Gasteiger partial charge in [0.25, 0.3) is 0 Å². The van der Waals surface area contributed by atoms with Gasteiger partial charge >= 0.3 is 0 Å². The molecule has 1 heterocycles. The number of nitrogens with one attached hydrogen (secondary N) is 1. The van der Waals surface area contributed by atoms with Crippen molar-refractivity contribution < 1.29 is 13.2 Å². The van der Waals surface area contributed by atoms with Crippen molar-refractivity contribution in [3.8, 4) is 0 Å². The molecular weight excluding hydrogens is 300 g/mol. The van der Waals surface area contributed by atoms with Crippen molar-refractivity contribution in [2.24, 2.45) is 0 Å². The number of benzene rings is 1. The number of amides is 1. The van der Waals surface area contributed by atoms with E-state index in [2.05, 4.69) is 23.8 Å². The van der Waals surface area contributed by atoms with Crippen LogP contribution in [0.25, 0.3) is 0 Å².